The van der Waals surface area contributed by atoms with Crippen LogP contribution < -0.4 is 15.5 Å². The molecule has 1 spiro atoms. The van der Waals surface area contributed by atoms with Crippen molar-refractivity contribution in [2.75, 3.05) is 25.1 Å². The number of methoxy groups -OCH3 is 1. The molecule has 2 saturated heterocycles. The Balaban J connectivity index is 0.935. The van der Waals surface area contributed by atoms with Crippen LogP contribution in [0.5, 0.6) is 0 Å². The van der Waals surface area contributed by atoms with Gasteiger partial charge in [-0.15, -0.1) is 0 Å². The van der Waals surface area contributed by atoms with Gasteiger partial charge < -0.3 is 30.2 Å². The number of carbonyl (C=O) groups is 3. The third-order valence-corrected chi connectivity index (χ3v) is 14.4. The lowest BCUT2D eigenvalue weighted by atomic mass is 9.82. The normalized spacial score (nSPS) is 19.5. The van der Waals surface area contributed by atoms with Gasteiger partial charge in [-0.05, 0) is 100 Å². The highest BCUT2D eigenvalue weighted by molar-refractivity contribution is 6.14. The fourth-order valence-electron chi connectivity index (χ4n) is 10.9. The Labute approximate surface area is 366 Å². The van der Waals surface area contributed by atoms with Gasteiger partial charge in [0.05, 0.1) is 42.1 Å². The van der Waals surface area contributed by atoms with Crippen LogP contribution in [0.15, 0.2) is 97.2 Å². The average molecular weight is 838 g/mol. The smallest absolute Gasteiger partial charge is 0.407 e. The fourth-order valence-corrected chi connectivity index (χ4v) is 10.9. The lowest BCUT2D eigenvalue weighted by Crippen LogP contribution is -2.41. The van der Waals surface area contributed by atoms with Crippen LogP contribution in [-0.2, 0) is 27.2 Å². The maximum Gasteiger partial charge on any atom is 0.407 e. The number of imidazole rings is 2. The Hall–Kier alpha value is -6.59. The van der Waals surface area contributed by atoms with Gasteiger partial charge in [-0.1, -0.05) is 92.7 Å². The molecule has 63 heavy (non-hydrogen) atoms. The molecule has 7 aromatic rings. The predicted molar refractivity (Wildman–Crippen MR) is 246 cm³/mol. The number of carbonyl (C=O) groups excluding carboxylic acids is 3. The molecule has 11 rings (SSSR count). The van der Waals surface area contributed by atoms with Gasteiger partial charge in [0.1, 0.15) is 28.6 Å². The van der Waals surface area contributed by atoms with E-state index in [2.05, 4.69) is 130 Å². The number of nitrogens with one attached hydrogen (secondary N) is 4. The van der Waals surface area contributed by atoms with E-state index in [4.69, 9.17) is 14.7 Å². The molecule has 3 atom stereocenters. The number of aromatic amines is 2. The lowest BCUT2D eigenvalue weighted by molar-refractivity contribution is -0.133. The van der Waals surface area contributed by atoms with Crippen LogP contribution in [-0.4, -0.2) is 63.8 Å². The zero-order valence-electron chi connectivity index (χ0n) is 35.9. The molecule has 1 saturated carbocycles. The molecule has 2 aliphatic carbocycles. The number of fused-ring (bicyclic) bond motifs is 6. The van der Waals surface area contributed by atoms with E-state index in [0.717, 1.165) is 92.0 Å². The first-order valence-corrected chi connectivity index (χ1v) is 22.4. The minimum Gasteiger partial charge on any atom is -0.453 e. The molecule has 4 N–H and O–H groups in total. The van der Waals surface area contributed by atoms with E-state index < -0.39 is 11.5 Å². The Morgan fingerprint density at radius 1 is 0.905 bits per heavy atom. The molecule has 4 heterocycles. The molecule has 1 amide bonds. The Kier molecular flexibility index (Phi) is 9.56. The second kappa shape index (κ2) is 15.3. The maximum absolute atomic E-state index is 13.9. The van der Waals surface area contributed by atoms with Gasteiger partial charge in [0.15, 0.2) is 0 Å². The Morgan fingerprint density at radius 3 is 2.48 bits per heavy atom. The maximum atomic E-state index is 13.9. The minimum absolute atomic E-state index is 0.0146. The van der Waals surface area contributed by atoms with Crippen LogP contribution in [0.25, 0.3) is 55.3 Å². The Bertz CT molecular complexity index is 2940. The van der Waals surface area contributed by atoms with E-state index >= 15 is 0 Å². The monoisotopic (exact) mass is 837 g/mol. The molecule has 4 aliphatic rings. The summed E-state index contributed by atoms with van der Waals surface area (Å²) in [5.41, 5.74) is 11.9. The van der Waals surface area contributed by atoms with Crippen LogP contribution in [0.3, 0.4) is 0 Å². The summed E-state index contributed by atoms with van der Waals surface area (Å²) in [5, 5.41) is 8.91. The van der Waals surface area contributed by atoms with Crippen molar-refractivity contribution in [3.05, 3.63) is 126 Å². The van der Waals surface area contributed by atoms with Gasteiger partial charge in [0.2, 0.25) is 0 Å². The number of alkyl carbamates (subject to hydrolysis) is 1. The first-order valence-electron chi connectivity index (χ1n) is 22.4. The molecule has 0 bridgehead atoms. The summed E-state index contributed by atoms with van der Waals surface area (Å²) in [4.78, 5) is 59.9. The Morgan fingerprint density at radius 2 is 1.70 bits per heavy atom. The number of ketones is 2. The highest BCUT2D eigenvalue weighted by atomic mass is 16.5. The third-order valence-electron chi connectivity index (χ3n) is 14.4. The molecule has 2 aliphatic heterocycles. The second-order valence-corrected chi connectivity index (χ2v) is 18.3. The topological polar surface area (TPSA) is 145 Å². The van der Waals surface area contributed by atoms with Crippen molar-refractivity contribution < 1.29 is 19.1 Å². The molecule has 3 fully saturated rings. The molecule has 0 radical (unpaired) electrons. The quantitative estimate of drug-likeness (QED) is 0.105. The van der Waals surface area contributed by atoms with E-state index in [1.807, 2.05) is 6.20 Å². The number of hydrogen-bond donors (Lipinski definition) is 4. The lowest BCUT2D eigenvalue weighted by Gasteiger charge is -2.32. The van der Waals surface area contributed by atoms with Crippen molar-refractivity contribution in [2.45, 2.75) is 76.9 Å². The average Bonchev–Trinajstić information content (AvgIpc) is 4.17. The van der Waals surface area contributed by atoms with E-state index in [0.29, 0.717) is 12.8 Å². The molecule has 11 heteroatoms. The molecule has 5 aromatic carbocycles. The van der Waals surface area contributed by atoms with Crippen LogP contribution in [0.2, 0.25) is 0 Å². The zero-order valence-corrected chi connectivity index (χ0v) is 35.9. The van der Waals surface area contributed by atoms with E-state index in [9.17, 15) is 14.4 Å². The molecule has 2 aromatic heterocycles. The van der Waals surface area contributed by atoms with Crippen molar-refractivity contribution in [2.24, 2.45) is 11.3 Å². The number of amides is 1. The fraction of sp³-hybridized carbons (Fsp3) is 0.327. The van der Waals surface area contributed by atoms with Gasteiger partial charge >= 0.3 is 6.09 Å². The third kappa shape index (κ3) is 6.63. The van der Waals surface area contributed by atoms with E-state index in [-0.39, 0.29) is 55.0 Å². The number of benzene rings is 5. The van der Waals surface area contributed by atoms with Gasteiger partial charge in [0.25, 0.3) is 0 Å². The molecule has 1 unspecified atom stereocenters. The predicted octanol–water partition coefficient (Wildman–Crippen LogP) is 9.56. The summed E-state index contributed by atoms with van der Waals surface area (Å²) in [6.45, 7) is 5.50. The molecular formula is C52H51N7O4. The summed E-state index contributed by atoms with van der Waals surface area (Å²) in [6.07, 6.45) is 5.82. The minimum atomic E-state index is -1.11. The van der Waals surface area contributed by atoms with Crippen molar-refractivity contribution >= 4 is 45.2 Å². The number of ether oxygens (including phenoxy) is 1. The van der Waals surface area contributed by atoms with Crippen LogP contribution in [0.1, 0.15) is 86.4 Å². The van der Waals surface area contributed by atoms with Gasteiger partial charge in [0, 0.05) is 42.9 Å². The largest absolute Gasteiger partial charge is 0.453 e. The molecule has 11 nitrogen and oxygen atoms in total. The number of hydrogen-bond acceptors (Lipinski definition) is 8. The summed E-state index contributed by atoms with van der Waals surface area (Å²) in [7, 11) is 1.38. The number of nitrogens with zero attached hydrogens (tertiary/aromatic N) is 3. The van der Waals surface area contributed by atoms with Gasteiger partial charge in [-0.25, -0.2) is 14.8 Å². The van der Waals surface area contributed by atoms with Gasteiger partial charge in [-0.3, -0.25) is 9.59 Å². The van der Waals surface area contributed by atoms with Crippen LogP contribution in [0, 0.1) is 11.3 Å². The van der Waals surface area contributed by atoms with Gasteiger partial charge in [-0.2, -0.15) is 0 Å². The van der Waals surface area contributed by atoms with Crippen molar-refractivity contribution in [3.8, 4) is 33.5 Å². The van der Waals surface area contributed by atoms with Crippen LogP contribution >= 0.6 is 0 Å². The summed E-state index contributed by atoms with van der Waals surface area (Å²) in [5.74, 6) is 1.88. The van der Waals surface area contributed by atoms with Crippen molar-refractivity contribution in [1.29, 1.82) is 0 Å². The first-order chi connectivity index (χ1) is 30.7. The number of Topliss-reactive ketones (excluding diaryl/α,β-unsaturated/α-hetero) is 2. The SMILES string of the molecule is COC(=O)N[C@@H](Cc1ccc2c(c1N1CC3(C[C@H]1c1ncc(-c4ccc(-c5ccc6c(ccc7[nH]c(C8CCCN8)nc76)c5)cc4)[nH]1)C(=O)CCC3=O)Cc1ccccc1-2)C(C)C. The number of rotatable bonds is 9. The number of aromatic nitrogens is 4. The summed E-state index contributed by atoms with van der Waals surface area (Å²) in [6, 6.07) is 32.0. The van der Waals surface area contributed by atoms with Crippen molar-refractivity contribution in [3.63, 3.8) is 0 Å². The summed E-state index contributed by atoms with van der Waals surface area (Å²) >= 11 is 0. The highest BCUT2D eigenvalue weighted by Crippen LogP contribution is 2.54. The molecule has 318 valence electrons. The van der Waals surface area contributed by atoms with Crippen LogP contribution in [0.4, 0.5) is 10.5 Å². The highest BCUT2D eigenvalue weighted by Gasteiger charge is 2.58. The molecular weight excluding hydrogens is 787 g/mol. The first kappa shape index (κ1) is 39.3. The summed E-state index contributed by atoms with van der Waals surface area (Å²) < 4.78 is 5.03. The second-order valence-electron chi connectivity index (χ2n) is 18.3. The van der Waals surface area contributed by atoms with E-state index in [1.165, 1.54) is 30.2 Å². The standard InChI is InChI=1S/C52H51N7O4/c1-29(2)42(57-51(62)63-3)25-35-15-18-38-36-8-5-4-7-33(36)24-39(38)48(35)59-28-52(45(60)20-21-46(52)61)26-44(59)50-54-27-43(56-50)31-12-10-30(11-13-31)32-14-17-37-34(23-32)16-19-40-47(37)58-49(55-40)41-9-6-22-53-41/h4-5,7-8,10-19,23,27,29,41-42,44,53H,6,9,20-22,24-26,28H2,1-3H3,(H,54,56)(H,55,58)(H,57,62)/t41?,42-,44-/m0/s1. The number of H-pyrrole nitrogens is 2. The van der Waals surface area contributed by atoms with E-state index in [1.54, 1.807) is 0 Å². The van der Waals surface area contributed by atoms with Crippen molar-refractivity contribution in [1.82, 2.24) is 30.6 Å². The number of anilines is 1. The zero-order chi connectivity index (χ0) is 43.0.